The molecule has 200 valence electrons. The van der Waals surface area contributed by atoms with Crippen molar-refractivity contribution in [2.75, 3.05) is 44.2 Å². The fourth-order valence-electron chi connectivity index (χ4n) is 5.13. The highest BCUT2D eigenvalue weighted by Gasteiger charge is 2.37. The normalized spacial score (nSPS) is 17.8. The molecule has 2 saturated heterocycles. The van der Waals surface area contributed by atoms with Crippen molar-refractivity contribution in [1.29, 1.82) is 0 Å². The number of sulfonamides is 1. The second-order valence-corrected chi connectivity index (χ2v) is 11.5. The lowest BCUT2D eigenvalue weighted by Crippen LogP contribution is -2.52. The second-order valence-electron chi connectivity index (χ2n) is 9.64. The van der Waals surface area contributed by atoms with Gasteiger partial charge in [0.05, 0.1) is 0 Å². The van der Waals surface area contributed by atoms with Gasteiger partial charge in [0.25, 0.3) is 0 Å². The monoisotopic (exact) mass is 538 g/mol. The first kappa shape index (κ1) is 26.1. The number of halogens is 1. The molecule has 0 unspecified atom stereocenters. The number of aryl methyl sites for hydroxylation is 1. The first-order valence-corrected chi connectivity index (χ1v) is 14.3. The summed E-state index contributed by atoms with van der Waals surface area (Å²) < 4.78 is 47.7. The molecule has 2 aromatic carbocycles. The summed E-state index contributed by atoms with van der Waals surface area (Å²) >= 11 is 0. The number of carbonyl (C=O) groups is 1. The van der Waals surface area contributed by atoms with Crippen molar-refractivity contribution in [1.82, 2.24) is 14.4 Å². The van der Waals surface area contributed by atoms with Gasteiger partial charge in [0, 0.05) is 56.4 Å². The zero-order chi connectivity index (χ0) is 26.7. The number of benzene rings is 2. The summed E-state index contributed by atoms with van der Waals surface area (Å²) in [5.41, 5.74) is 1.71. The number of nitrogens with zero attached hydrogens (tertiary/aromatic N) is 4. The van der Waals surface area contributed by atoms with Crippen LogP contribution in [-0.2, 0) is 14.8 Å². The van der Waals surface area contributed by atoms with Crippen molar-refractivity contribution in [2.24, 2.45) is 5.92 Å². The van der Waals surface area contributed by atoms with Gasteiger partial charge in [-0.2, -0.15) is 4.31 Å². The van der Waals surface area contributed by atoms with Crippen LogP contribution in [0.5, 0.6) is 0 Å². The Bertz CT molecular complexity index is 1410. The highest BCUT2D eigenvalue weighted by atomic mass is 32.2. The molecule has 2 aliphatic heterocycles. The Morgan fingerprint density at radius 2 is 1.61 bits per heavy atom. The van der Waals surface area contributed by atoms with Crippen LogP contribution in [0.1, 0.15) is 29.9 Å². The van der Waals surface area contributed by atoms with Gasteiger partial charge in [0.1, 0.15) is 11.5 Å². The van der Waals surface area contributed by atoms with E-state index in [2.05, 4.69) is 22.2 Å². The van der Waals surface area contributed by atoms with Crippen LogP contribution in [0.3, 0.4) is 0 Å². The number of piperazine rings is 1. The van der Waals surface area contributed by atoms with E-state index in [0.717, 1.165) is 18.8 Å². The van der Waals surface area contributed by atoms with E-state index in [9.17, 15) is 17.6 Å². The van der Waals surface area contributed by atoms with E-state index in [1.165, 1.54) is 22.5 Å². The van der Waals surface area contributed by atoms with Gasteiger partial charge in [0.2, 0.25) is 15.9 Å². The van der Waals surface area contributed by atoms with Crippen LogP contribution >= 0.6 is 0 Å². The zero-order valence-electron chi connectivity index (χ0n) is 21.3. The van der Waals surface area contributed by atoms with Crippen molar-refractivity contribution in [3.05, 3.63) is 77.4 Å². The average molecular weight is 539 g/mol. The van der Waals surface area contributed by atoms with Gasteiger partial charge in [-0.15, -0.1) is 0 Å². The number of hydrogen-bond donors (Lipinski definition) is 0. The number of carbonyl (C=O) groups excluding carboxylic acids is 1. The summed E-state index contributed by atoms with van der Waals surface area (Å²) in [7, 11) is -3.91. The minimum absolute atomic E-state index is 0.0214. The predicted octanol–water partition coefficient (Wildman–Crippen LogP) is 4.04. The number of amides is 1. The maximum atomic E-state index is 14.0. The summed E-state index contributed by atoms with van der Waals surface area (Å²) in [4.78, 5) is 17.4. The highest BCUT2D eigenvalue weighted by Crippen LogP contribution is 2.30. The van der Waals surface area contributed by atoms with Gasteiger partial charge in [-0.3, -0.25) is 4.79 Å². The molecule has 0 atom stereocenters. The van der Waals surface area contributed by atoms with Crippen molar-refractivity contribution in [3.63, 3.8) is 0 Å². The zero-order valence-corrected chi connectivity index (χ0v) is 22.1. The molecule has 8 nitrogen and oxygen atoms in total. The molecule has 0 bridgehead atoms. The standard InChI is InChI=1S/C28H31FN4O4S/c1-21-27(26(37-30-21)12-11-22-7-5-6-10-25(22)29)38(35,36)33-15-13-23(14-16-33)28(34)32-19-17-31(18-20-32)24-8-3-2-4-9-24/h2-12,23H,13-20H2,1H3. The molecule has 38 heavy (non-hydrogen) atoms. The topological polar surface area (TPSA) is 87.0 Å². The van der Waals surface area contributed by atoms with Crippen LogP contribution in [0.15, 0.2) is 64.0 Å². The lowest BCUT2D eigenvalue weighted by atomic mass is 9.96. The van der Waals surface area contributed by atoms with Gasteiger partial charge in [-0.05, 0) is 50.1 Å². The fraction of sp³-hybridized carbons (Fsp3) is 0.357. The van der Waals surface area contributed by atoms with Crippen LogP contribution in [0.2, 0.25) is 0 Å². The van der Waals surface area contributed by atoms with Crippen molar-refractivity contribution in [2.45, 2.75) is 24.7 Å². The molecule has 0 radical (unpaired) electrons. The summed E-state index contributed by atoms with van der Waals surface area (Å²) in [6.45, 7) is 4.92. The van der Waals surface area contributed by atoms with E-state index in [1.54, 1.807) is 25.1 Å². The predicted molar refractivity (Wildman–Crippen MR) is 143 cm³/mol. The Labute approximate surface area is 222 Å². The number of para-hydroxylation sites is 1. The minimum atomic E-state index is -3.91. The minimum Gasteiger partial charge on any atom is -0.368 e. The fourth-order valence-corrected chi connectivity index (χ4v) is 6.85. The molecule has 5 rings (SSSR count). The van der Waals surface area contributed by atoms with E-state index < -0.39 is 15.8 Å². The Hall–Kier alpha value is -3.50. The lowest BCUT2D eigenvalue weighted by Gasteiger charge is -2.39. The largest absolute Gasteiger partial charge is 0.368 e. The Balaban J connectivity index is 1.21. The Morgan fingerprint density at radius 3 is 2.29 bits per heavy atom. The molecule has 2 fully saturated rings. The molecule has 0 spiro atoms. The molecule has 3 heterocycles. The van der Waals surface area contributed by atoms with E-state index in [1.807, 2.05) is 23.1 Å². The van der Waals surface area contributed by atoms with Crippen molar-refractivity contribution in [3.8, 4) is 0 Å². The summed E-state index contributed by atoms with van der Waals surface area (Å²) in [5.74, 6) is -0.462. The number of piperidine rings is 1. The molecule has 0 N–H and O–H groups in total. The summed E-state index contributed by atoms with van der Waals surface area (Å²) in [5, 5.41) is 3.85. The molecule has 10 heteroatoms. The van der Waals surface area contributed by atoms with Gasteiger partial charge >= 0.3 is 0 Å². The first-order valence-electron chi connectivity index (χ1n) is 12.8. The van der Waals surface area contributed by atoms with E-state index >= 15 is 0 Å². The molecular weight excluding hydrogens is 507 g/mol. The molecule has 1 aromatic heterocycles. The van der Waals surface area contributed by atoms with E-state index in [-0.39, 0.29) is 41.3 Å². The smallest absolute Gasteiger partial charge is 0.248 e. The van der Waals surface area contributed by atoms with Gasteiger partial charge < -0.3 is 14.3 Å². The summed E-state index contributed by atoms with van der Waals surface area (Å²) in [6.07, 6.45) is 3.82. The third kappa shape index (κ3) is 5.37. The molecule has 0 saturated carbocycles. The maximum absolute atomic E-state index is 14.0. The molecule has 0 aliphatic carbocycles. The Morgan fingerprint density at radius 1 is 0.947 bits per heavy atom. The van der Waals surface area contributed by atoms with Gasteiger partial charge in [0.15, 0.2) is 10.7 Å². The van der Waals surface area contributed by atoms with Crippen LogP contribution in [-0.4, -0.2) is 68.0 Å². The molecule has 2 aliphatic rings. The van der Waals surface area contributed by atoms with E-state index in [4.69, 9.17) is 4.52 Å². The second kappa shape index (κ2) is 11.1. The number of aromatic nitrogens is 1. The number of rotatable bonds is 6. The highest BCUT2D eigenvalue weighted by molar-refractivity contribution is 7.89. The van der Waals surface area contributed by atoms with Gasteiger partial charge in [-0.1, -0.05) is 41.6 Å². The Kier molecular flexibility index (Phi) is 7.62. The number of anilines is 1. The quantitative estimate of drug-likeness (QED) is 0.471. The van der Waals surface area contributed by atoms with E-state index in [0.29, 0.717) is 31.5 Å². The first-order chi connectivity index (χ1) is 18.3. The molecule has 1 amide bonds. The van der Waals surface area contributed by atoms with Crippen molar-refractivity contribution < 1.29 is 22.1 Å². The molecule has 3 aromatic rings. The average Bonchev–Trinajstić information content (AvgIpc) is 3.34. The maximum Gasteiger partial charge on any atom is 0.248 e. The number of hydrogen-bond acceptors (Lipinski definition) is 6. The van der Waals surface area contributed by atoms with Crippen molar-refractivity contribution >= 4 is 33.8 Å². The molecular formula is C28H31FN4O4S. The van der Waals surface area contributed by atoms with Crippen LogP contribution in [0.4, 0.5) is 10.1 Å². The summed E-state index contributed by atoms with van der Waals surface area (Å²) in [6, 6.07) is 16.4. The van der Waals surface area contributed by atoms with Crippen LogP contribution < -0.4 is 4.90 Å². The van der Waals surface area contributed by atoms with Gasteiger partial charge in [-0.25, -0.2) is 12.8 Å². The third-order valence-electron chi connectivity index (χ3n) is 7.27. The lowest BCUT2D eigenvalue weighted by molar-refractivity contribution is -0.137. The third-order valence-corrected chi connectivity index (χ3v) is 9.32. The van der Waals surface area contributed by atoms with Crippen LogP contribution in [0, 0.1) is 18.7 Å². The van der Waals surface area contributed by atoms with Crippen LogP contribution in [0.25, 0.3) is 12.2 Å². The SMILES string of the molecule is Cc1noc(C=Cc2ccccc2F)c1S(=O)(=O)N1CCC(C(=O)N2CCN(c3ccccc3)CC2)CC1.